The molecule has 0 atom stereocenters. The van der Waals surface area contributed by atoms with Crippen LogP contribution in [0.25, 0.3) is 0 Å². The minimum absolute atomic E-state index is 0.592. The summed E-state index contributed by atoms with van der Waals surface area (Å²) in [5.74, 6) is 0.956. The number of hydrogen-bond acceptors (Lipinski definition) is 2. The highest BCUT2D eigenvalue weighted by Gasteiger charge is 2.05. The number of rotatable bonds is 6. The molecule has 2 nitrogen and oxygen atoms in total. The third-order valence-electron chi connectivity index (χ3n) is 2.53. The number of hydrogen-bond donors (Lipinski definition) is 0. The van der Waals surface area contributed by atoms with E-state index < -0.39 is 0 Å². The molecule has 1 aromatic rings. The fourth-order valence-electron chi connectivity index (χ4n) is 1.58. The fraction of sp³-hybridized carbons (Fsp3) is 0.538. The van der Waals surface area contributed by atoms with Crippen molar-refractivity contribution in [3.8, 4) is 5.75 Å². The molecule has 2 heteroatoms. The van der Waals surface area contributed by atoms with Gasteiger partial charge in [0.2, 0.25) is 0 Å². The molecule has 84 valence electrons. The predicted octanol–water partition coefficient (Wildman–Crippen LogP) is 2.80. The Kier molecular flexibility index (Phi) is 5.19. The molecule has 0 saturated carbocycles. The normalized spacial score (nSPS) is 11.0. The smallest absolute Gasteiger partial charge is 0.119 e. The Morgan fingerprint density at radius 2 is 1.87 bits per heavy atom. The van der Waals surface area contributed by atoms with Crippen LogP contribution in [-0.2, 0) is 0 Å². The van der Waals surface area contributed by atoms with Crippen molar-refractivity contribution in [3.05, 3.63) is 30.3 Å². The Balaban J connectivity index is 2.27. The first-order chi connectivity index (χ1) is 7.24. The molecule has 0 saturated heterocycles. The van der Waals surface area contributed by atoms with E-state index in [2.05, 4.69) is 25.7 Å². The summed E-state index contributed by atoms with van der Waals surface area (Å²) in [6.07, 6.45) is 0. The lowest BCUT2D eigenvalue weighted by atomic mass is 10.3. The quantitative estimate of drug-likeness (QED) is 0.711. The summed E-state index contributed by atoms with van der Waals surface area (Å²) in [6, 6.07) is 10.6. The highest BCUT2D eigenvalue weighted by atomic mass is 16.5. The molecule has 0 aromatic heterocycles. The fourth-order valence-corrected chi connectivity index (χ4v) is 1.58. The van der Waals surface area contributed by atoms with Gasteiger partial charge in [0, 0.05) is 12.6 Å². The van der Waals surface area contributed by atoms with Gasteiger partial charge in [-0.05, 0) is 32.5 Å². The van der Waals surface area contributed by atoms with E-state index in [-0.39, 0.29) is 0 Å². The first-order valence-electron chi connectivity index (χ1n) is 5.66. The second-order valence-electron chi connectivity index (χ2n) is 3.88. The third kappa shape index (κ3) is 4.34. The molecule has 0 aliphatic rings. The first kappa shape index (κ1) is 12.1. The van der Waals surface area contributed by atoms with Crippen LogP contribution in [0, 0.1) is 0 Å². The van der Waals surface area contributed by atoms with Crippen LogP contribution in [0.2, 0.25) is 0 Å². The van der Waals surface area contributed by atoms with Gasteiger partial charge in [0.05, 0.1) is 0 Å². The van der Waals surface area contributed by atoms with Gasteiger partial charge in [-0.15, -0.1) is 0 Å². The number of ether oxygens (including phenoxy) is 1. The van der Waals surface area contributed by atoms with E-state index in [1.807, 2.05) is 30.3 Å². The van der Waals surface area contributed by atoms with Crippen LogP contribution in [-0.4, -0.2) is 30.6 Å². The third-order valence-corrected chi connectivity index (χ3v) is 2.53. The lowest BCUT2D eigenvalue weighted by Crippen LogP contribution is -2.34. The van der Waals surface area contributed by atoms with Gasteiger partial charge in [0.25, 0.3) is 0 Å². The molecule has 0 radical (unpaired) electrons. The summed E-state index contributed by atoms with van der Waals surface area (Å²) in [4.78, 5) is 2.39. The Labute approximate surface area is 92.9 Å². The maximum absolute atomic E-state index is 5.65. The number of benzene rings is 1. The van der Waals surface area contributed by atoms with Crippen LogP contribution < -0.4 is 4.74 Å². The average Bonchev–Trinajstić information content (AvgIpc) is 2.25. The topological polar surface area (TPSA) is 12.5 Å². The predicted molar refractivity (Wildman–Crippen MR) is 64.3 cm³/mol. The molecule has 0 N–H and O–H groups in total. The van der Waals surface area contributed by atoms with E-state index in [4.69, 9.17) is 4.74 Å². The summed E-state index contributed by atoms with van der Waals surface area (Å²) in [6.45, 7) is 9.44. The van der Waals surface area contributed by atoms with Crippen LogP contribution in [0.3, 0.4) is 0 Å². The molecule has 0 aliphatic carbocycles. The first-order valence-corrected chi connectivity index (χ1v) is 5.66. The molecule has 1 aromatic carbocycles. The molecule has 0 heterocycles. The number of nitrogens with zero attached hydrogens (tertiary/aromatic N) is 1. The van der Waals surface area contributed by atoms with Crippen LogP contribution in [0.5, 0.6) is 5.75 Å². The zero-order chi connectivity index (χ0) is 11.1. The maximum atomic E-state index is 5.65. The molecule has 0 spiro atoms. The van der Waals surface area contributed by atoms with Crippen molar-refractivity contribution in [1.82, 2.24) is 4.90 Å². The van der Waals surface area contributed by atoms with Gasteiger partial charge in [-0.1, -0.05) is 25.1 Å². The SMILES string of the molecule is CCN(CCOc1ccccc1)C(C)C. The van der Waals surface area contributed by atoms with Crippen LogP contribution in [0.1, 0.15) is 20.8 Å². The van der Waals surface area contributed by atoms with Crippen molar-refractivity contribution in [2.75, 3.05) is 19.7 Å². The van der Waals surface area contributed by atoms with Crippen LogP contribution in [0.15, 0.2) is 30.3 Å². The summed E-state index contributed by atoms with van der Waals surface area (Å²) in [5, 5.41) is 0. The van der Waals surface area contributed by atoms with Crippen molar-refractivity contribution in [1.29, 1.82) is 0 Å². The van der Waals surface area contributed by atoms with E-state index in [0.717, 1.165) is 25.4 Å². The zero-order valence-electron chi connectivity index (χ0n) is 9.94. The molecule has 0 amide bonds. The number of para-hydroxylation sites is 1. The van der Waals surface area contributed by atoms with E-state index in [0.29, 0.717) is 6.04 Å². The van der Waals surface area contributed by atoms with Gasteiger partial charge in [0.15, 0.2) is 0 Å². The lowest BCUT2D eigenvalue weighted by Gasteiger charge is -2.24. The second kappa shape index (κ2) is 6.46. The summed E-state index contributed by atoms with van der Waals surface area (Å²) >= 11 is 0. The Hall–Kier alpha value is -1.02. The second-order valence-corrected chi connectivity index (χ2v) is 3.88. The standard InChI is InChI=1S/C13H21NO/c1-4-14(12(2)3)10-11-15-13-8-6-5-7-9-13/h5-9,12H,4,10-11H2,1-3H3. The van der Waals surface area contributed by atoms with Gasteiger partial charge in [-0.2, -0.15) is 0 Å². The van der Waals surface area contributed by atoms with E-state index in [1.54, 1.807) is 0 Å². The molecule has 0 bridgehead atoms. The van der Waals surface area contributed by atoms with E-state index in [1.165, 1.54) is 0 Å². The van der Waals surface area contributed by atoms with Crippen molar-refractivity contribution in [3.63, 3.8) is 0 Å². The Morgan fingerprint density at radius 3 is 2.40 bits per heavy atom. The maximum Gasteiger partial charge on any atom is 0.119 e. The molecule has 1 rings (SSSR count). The minimum atomic E-state index is 0.592. The van der Waals surface area contributed by atoms with Crippen molar-refractivity contribution >= 4 is 0 Å². The van der Waals surface area contributed by atoms with E-state index in [9.17, 15) is 0 Å². The highest BCUT2D eigenvalue weighted by Crippen LogP contribution is 2.08. The molecular weight excluding hydrogens is 186 g/mol. The van der Waals surface area contributed by atoms with Gasteiger partial charge in [-0.25, -0.2) is 0 Å². The Morgan fingerprint density at radius 1 is 1.20 bits per heavy atom. The van der Waals surface area contributed by atoms with Gasteiger partial charge < -0.3 is 4.74 Å². The average molecular weight is 207 g/mol. The van der Waals surface area contributed by atoms with E-state index >= 15 is 0 Å². The molecule has 0 fully saturated rings. The highest BCUT2D eigenvalue weighted by molar-refractivity contribution is 5.20. The summed E-state index contributed by atoms with van der Waals surface area (Å²) < 4.78 is 5.65. The molecule has 15 heavy (non-hydrogen) atoms. The van der Waals surface area contributed by atoms with Crippen molar-refractivity contribution in [2.24, 2.45) is 0 Å². The summed E-state index contributed by atoms with van der Waals surface area (Å²) in [5.41, 5.74) is 0. The van der Waals surface area contributed by atoms with Crippen molar-refractivity contribution < 1.29 is 4.74 Å². The monoisotopic (exact) mass is 207 g/mol. The number of likely N-dealkylation sites (N-methyl/N-ethyl adjacent to an activating group) is 1. The summed E-state index contributed by atoms with van der Waals surface area (Å²) in [7, 11) is 0. The molecular formula is C13H21NO. The largest absolute Gasteiger partial charge is 0.492 e. The Bertz CT molecular complexity index is 258. The molecule has 0 unspecified atom stereocenters. The van der Waals surface area contributed by atoms with Gasteiger partial charge in [-0.3, -0.25) is 4.90 Å². The van der Waals surface area contributed by atoms with Crippen LogP contribution in [0.4, 0.5) is 0 Å². The van der Waals surface area contributed by atoms with Crippen molar-refractivity contribution in [2.45, 2.75) is 26.8 Å². The van der Waals surface area contributed by atoms with Gasteiger partial charge >= 0.3 is 0 Å². The zero-order valence-corrected chi connectivity index (χ0v) is 9.94. The lowest BCUT2D eigenvalue weighted by molar-refractivity contribution is 0.183. The molecule has 0 aliphatic heterocycles. The van der Waals surface area contributed by atoms with Gasteiger partial charge in [0.1, 0.15) is 12.4 Å². The minimum Gasteiger partial charge on any atom is -0.492 e. The van der Waals surface area contributed by atoms with Crippen LogP contribution >= 0.6 is 0 Å².